The van der Waals surface area contributed by atoms with Gasteiger partial charge in [-0.25, -0.2) is 0 Å². The minimum Gasteiger partial charge on any atom is -0.313 e. The third-order valence-corrected chi connectivity index (χ3v) is 7.36. The van der Waals surface area contributed by atoms with Crippen LogP contribution in [0.5, 0.6) is 0 Å². The Morgan fingerprint density at radius 2 is 1.95 bits per heavy atom. The molecule has 0 bridgehead atoms. The standard InChI is InChI=1S/C18H29NS2/c1-3-12-19-17(18-15(2)20-13-14-21-18)11-7-10-16-8-5-4-6-9-16/h4-6,8-9,15,17-19H,3,7,10-14H2,1-2H3. The molecule has 3 unspecified atom stereocenters. The summed E-state index contributed by atoms with van der Waals surface area (Å²) in [5.74, 6) is 2.65. The Labute approximate surface area is 139 Å². The summed E-state index contributed by atoms with van der Waals surface area (Å²) in [6.07, 6.45) is 5.04. The molecule has 1 heterocycles. The molecule has 1 aromatic carbocycles. The Kier molecular flexibility index (Phi) is 8.05. The van der Waals surface area contributed by atoms with Gasteiger partial charge in [0.1, 0.15) is 0 Å². The van der Waals surface area contributed by atoms with Crippen LogP contribution in [-0.2, 0) is 6.42 Å². The molecule has 1 N–H and O–H groups in total. The van der Waals surface area contributed by atoms with E-state index in [9.17, 15) is 0 Å². The van der Waals surface area contributed by atoms with E-state index in [1.54, 1.807) is 0 Å². The van der Waals surface area contributed by atoms with Crippen LogP contribution in [0.1, 0.15) is 38.7 Å². The zero-order valence-electron chi connectivity index (χ0n) is 13.4. The summed E-state index contributed by atoms with van der Waals surface area (Å²) in [4.78, 5) is 0. The highest BCUT2D eigenvalue weighted by Gasteiger charge is 2.29. The third kappa shape index (κ3) is 5.88. The fourth-order valence-corrected chi connectivity index (χ4v) is 5.97. The Hall–Kier alpha value is -0.120. The van der Waals surface area contributed by atoms with E-state index in [0.29, 0.717) is 6.04 Å². The van der Waals surface area contributed by atoms with Gasteiger partial charge in [-0.2, -0.15) is 23.5 Å². The van der Waals surface area contributed by atoms with E-state index in [0.717, 1.165) is 17.0 Å². The Balaban J connectivity index is 1.83. The molecule has 1 saturated heterocycles. The first-order valence-corrected chi connectivity index (χ1v) is 10.4. The molecule has 0 amide bonds. The molecule has 0 spiro atoms. The second-order valence-corrected chi connectivity index (χ2v) is 8.62. The van der Waals surface area contributed by atoms with E-state index in [-0.39, 0.29) is 0 Å². The maximum absolute atomic E-state index is 3.82. The first-order valence-electron chi connectivity index (χ1n) is 8.31. The number of rotatable bonds is 8. The SMILES string of the molecule is CCCNC(CCCc1ccccc1)C1SCCSC1C. The van der Waals surface area contributed by atoms with E-state index in [2.05, 4.69) is 73.0 Å². The zero-order chi connectivity index (χ0) is 14.9. The van der Waals surface area contributed by atoms with Crippen molar-refractivity contribution in [1.29, 1.82) is 0 Å². The van der Waals surface area contributed by atoms with E-state index >= 15 is 0 Å². The van der Waals surface area contributed by atoms with Gasteiger partial charge in [-0.1, -0.05) is 44.2 Å². The van der Waals surface area contributed by atoms with Gasteiger partial charge in [-0.15, -0.1) is 0 Å². The average molecular weight is 324 g/mol. The van der Waals surface area contributed by atoms with Gasteiger partial charge in [0.25, 0.3) is 0 Å². The molecule has 21 heavy (non-hydrogen) atoms. The monoisotopic (exact) mass is 323 g/mol. The number of hydrogen-bond donors (Lipinski definition) is 1. The van der Waals surface area contributed by atoms with Crippen molar-refractivity contribution in [2.24, 2.45) is 0 Å². The molecule has 1 aliphatic rings. The fourth-order valence-electron chi connectivity index (χ4n) is 2.97. The smallest absolute Gasteiger partial charge is 0.0317 e. The summed E-state index contributed by atoms with van der Waals surface area (Å²) in [6, 6.07) is 11.6. The first kappa shape index (κ1) is 17.2. The van der Waals surface area contributed by atoms with Crippen LogP contribution >= 0.6 is 23.5 Å². The van der Waals surface area contributed by atoms with E-state index in [1.165, 1.54) is 42.8 Å². The average Bonchev–Trinajstić information content (AvgIpc) is 2.52. The molecule has 118 valence electrons. The van der Waals surface area contributed by atoms with Gasteiger partial charge in [0.2, 0.25) is 0 Å². The summed E-state index contributed by atoms with van der Waals surface area (Å²) in [6.45, 7) is 5.84. The van der Waals surface area contributed by atoms with Gasteiger partial charge >= 0.3 is 0 Å². The largest absolute Gasteiger partial charge is 0.313 e. The van der Waals surface area contributed by atoms with Gasteiger partial charge < -0.3 is 5.32 Å². The number of benzene rings is 1. The molecule has 2 rings (SSSR count). The van der Waals surface area contributed by atoms with Crippen molar-refractivity contribution in [1.82, 2.24) is 5.32 Å². The number of aryl methyl sites for hydroxylation is 1. The normalized spacial score (nSPS) is 23.9. The lowest BCUT2D eigenvalue weighted by atomic mass is 10.0. The predicted octanol–water partition coefficient (Wildman–Crippen LogP) is 4.61. The molecular formula is C18H29NS2. The lowest BCUT2D eigenvalue weighted by Gasteiger charge is -2.35. The van der Waals surface area contributed by atoms with Crippen LogP contribution in [0.2, 0.25) is 0 Å². The molecule has 1 nitrogen and oxygen atoms in total. The summed E-state index contributed by atoms with van der Waals surface area (Å²) in [5.41, 5.74) is 1.48. The van der Waals surface area contributed by atoms with Gasteiger partial charge in [-0.3, -0.25) is 0 Å². The van der Waals surface area contributed by atoms with Crippen LogP contribution in [-0.4, -0.2) is 34.6 Å². The Morgan fingerprint density at radius 1 is 1.19 bits per heavy atom. The highest BCUT2D eigenvalue weighted by molar-refractivity contribution is 8.07. The van der Waals surface area contributed by atoms with Gasteiger partial charge in [0, 0.05) is 28.0 Å². The summed E-state index contributed by atoms with van der Waals surface area (Å²) >= 11 is 4.35. The molecule has 0 aliphatic carbocycles. The number of thioether (sulfide) groups is 2. The lowest BCUT2D eigenvalue weighted by Crippen LogP contribution is -2.44. The van der Waals surface area contributed by atoms with Gasteiger partial charge in [0.15, 0.2) is 0 Å². The first-order chi connectivity index (χ1) is 10.3. The highest BCUT2D eigenvalue weighted by atomic mass is 32.2. The Morgan fingerprint density at radius 3 is 2.67 bits per heavy atom. The molecule has 0 radical (unpaired) electrons. The topological polar surface area (TPSA) is 12.0 Å². The van der Waals surface area contributed by atoms with Gasteiger partial charge in [0.05, 0.1) is 0 Å². The minimum absolute atomic E-state index is 0.682. The second kappa shape index (κ2) is 9.81. The van der Waals surface area contributed by atoms with Crippen molar-refractivity contribution in [2.45, 2.75) is 56.1 Å². The van der Waals surface area contributed by atoms with Gasteiger partial charge in [-0.05, 0) is 37.8 Å². The van der Waals surface area contributed by atoms with E-state index in [1.807, 2.05) is 0 Å². The molecule has 1 aromatic rings. The van der Waals surface area contributed by atoms with Crippen molar-refractivity contribution in [3.8, 4) is 0 Å². The van der Waals surface area contributed by atoms with Crippen LogP contribution in [0.25, 0.3) is 0 Å². The molecule has 0 aromatic heterocycles. The minimum atomic E-state index is 0.682. The summed E-state index contributed by atoms with van der Waals surface area (Å²) < 4.78 is 0. The molecule has 3 atom stereocenters. The summed E-state index contributed by atoms with van der Waals surface area (Å²) in [7, 11) is 0. The molecular weight excluding hydrogens is 294 g/mol. The predicted molar refractivity (Wildman–Crippen MR) is 99.6 cm³/mol. The number of hydrogen-bond acceptors (Lipinski definition) is 3. The lowest BCUT2D eigenvalue weighted by molar-refractivity contribution is 0.450. The van der Waals surface area contributed by atoms with Crippen LogP contribution < -0.4 is 5.32 Å². The van der Waals surface area contributed by atoms with E-state index in [4.69, 9.17) is 0 Å². The van der Waals surface area contributed by atoms with Crippen LogP contribution in [0, 0.1) is 0 Å². The Bertz CT molecular complexity index is 382. The van der Waals surface area contributed by atoms with Crippen LogP contribution in [0.4, 0.5) is 0 Å². The second-order valence-electron chi connectivity index (χ2n) is 5.85. The van der Waals surface area contributed by atoms with Crippen molar-refractivity contribution < 1.29 is 0 Å². The van der Waals surface area contributed by atoms with Crippen LogP contribution in [0.3, 0.4) is 0 Å². The quantitative estimate of drug-likeness (QED) is 0.750. The maximum Gasteiger partial charge on any atom is 0.0317 e. The third-order valence-electron chi connectivity index (χ3n) is 4.11. The summed E-state index contributed by atoms with van der Waals surface area (Å²) in [5, 5.41) is 5.39. The molecule has 0 saturated carbocycles. The van der Waals surface area contributed by atoms with Crippen molar-refractivity contribution >= 4 is 23.5 Å². The molecule has 1 fully saturated rings. The highest BCUT2D eigenvalue weighted by Crippen LogP contribution is 2.34. The van der Waals surface area contributed by atoms with Crippen molar-refractivity contribution in [3.63, 3.8) is 0 Å². The van der Waals surface area contributed by atoms with Crippen LogP contribution in [0.15, 0.2) is 30.3 Å². The zero-order valence-corrected chi connectivity index (χ0v) is 15.0. The molecule has 3 heteroatoms. The number of nitrogens with one attached hydrogen (secondary N) is 1. The molecule has 1 aliphatic heterocycles. The van der Waals surface area contributed by atoms with E-state index < -0.39 is 0 Å². The van der Waals surface area contributed by atoms with Crippen molar-refractivity contribution in [3.05, 3.63) is 35.9 Å². The fraction of sp³-hybridized carbons (Fsp3) is 0.667. The maximum atomic E-state index is 3.82. The van der Waals surface area contributed by atoms with Crippen molar-refractivity contribution in [2.75, 3.05) is 18.1 Å².